The van der Waals surface area contributed by atoms with Crippen molar-refractivity contribution in [2.24, 2.45) is 0 Å². The molecule has 0 saturated heterocycles. The fourth-order valence-corrected chi connectivity index (χ4v) is 6.73. The van der Waals surface area contributed by atoms with E-state index in [2.05, 4.69) is 5.32 Å². The Labute approximate surface area is 273 Å². The number of amides is 2. The second kappa shape index (κ2) is 16.1. The number of sulfonamides is 1. The molecule has 4 aromatic rings. The van der Waals surface area contributed by atoms with Crippen LogP contribution in [0.4, 0.5) is 5.69 Å². The van der Waals surface area contributed by atoms with E-state index in [1.807, 2.05) is 81.4 Å². The molecule has 2 amide bonds. The van der Waals surface area contributed by atoms with Crippen molar-refractivity contribution in [2.45, 2.75) is 57.5 Å². The van der Waals surface area contributed by atoms with E-state index in [1.165, 1.54) is 24.1 Å². The zero-order chi connectivity index (χ0) is 33.1. The Morgan fingerprint density at radius 3 is 2.13 bits per heavy atom. The van der Waals surface area contributed by atoms with Crippen LogP contribution in [0, 0.1) is 13.8 Å². The van der Waals surface area contributed by atoms with Gasteiger partial charge in [0.05, 0.1) is 17.7 Å². The number of hydrogen-bond acceptors (Lipinski definition) is 5. The Balaban J connectivity index is 1.83. The maximum atomic E-state index is 14.6. The average Bonchev–Trinajstić information content (AvgIpc) is 3.06. The number of methoxy groups -OCH3 is 1. The van der Waals surface area contributed by atoms with E-state index in [0.29, 0.717) is 12.3 Å². The third kappa shape index (κ3) is 8.75. The van der Waals surface area contributed by atoms with Gasteiger partial charge in [-0.05, 0) is 61.2 Å². The van der Waals surface area contributed by atoms with Crippen molar-refractivity contribution in [3.05, 3.63) is 125 Å². The average molecular weight is 642 g/mol. The summed E-state index contributed by atoms with van der Waals surface area (Å²) in [5, 5.41) is 3.02. The molecule has 0 aliphatic rings. The smallest absolute Gasteiger partial charge is 0.264 e. The zero-order valence-electron chi connectivity index (χ0n) is 27.0. The molecular weight excluding hydrogens is 598 g/mol. The number of carbonyl (C=O) groups excluding carboxylic acids is 2. The number of nitrogens with zero attached hydrogens (tertiary/aromatic N) is 2. The Kier molecular flexibility index (Phi) is 12.0. The SMILES string of the molecule is CCCCNC(=O)[C@@H](Cc1ccccc1)N(Cc1cccc(C)c1)C(=O)CN(c1cc(C)ccc1OC)S(=O)(=O)c1ccccc1. The van der Waals surface area contributed by atoms with Crippen LogP contribution in [0.25, 0.3) is 0 Å². The van der Waals surface area contributed by atoms with Gasteiger partial charge in [0.2, 0.25) is 11.8 Å². The summed E-state index contributed by atoms with van der Waals surface area (Å²) in [6, 6.07) is 29.6. The molecule has 1 atom stereocenters. The number of aryl methyl sites for hydroxylation is 2. The standard InChI is InChI=1S/C37H43N3O5S/c1-5-6-22-38-37(42)34(25-30-15-9-7-10-16-30)39(26-31-17-13-14-28(2)23-31)36(41)27-40(33-24-29(3)20-21-35(33)45-4)46(43,44)32-18-11-8-12-19-32/h7-21,23-24,34H,5-6,22,25-27H2,1-4H3,(H,38,42)/t34-/m1/s1. The highest BCUT2D eigenvalue weighted by Gasteiger charge is 2.35. The van der Waals surface area contributed by atoms with Gasteiger partial charge in [0.1, 0.15) is 18.3 Å². The molecule has 0 spiro atoms. The van der Waals surface area contributed by atoms with Crippen LogP contribution in [-0.4, -0.2) is 51.4 Å². The molecular formula is C37H43N3O5S. The minimum Gasteiger partial charge on any atom is -0.495 e. The minimum absolute atomic E-state index is 0.0368. The number of ether oxygens (including phenoxy) is 1. The normalized spacial score (nSPS) is 11.8. The highest BCUT2D eigenvalue weighted by atomic mass is 32.2. The zero-order valence-corrected chi connectivity index (χ0v) is 27.8. The van der Waals surface area contributed by atoms with Gasteiger partial charge in [0, 0.05) is 19.5 Å². The summed E-state index contributed by atoms with van der Waals surface area (Å²) in [5.41, 5.74) is 3.76. The van der Waals surface area contributed by atoms with Crippen molar-refractivity contribution in [2.75, 3.05) is 24.5 Å². The van der Waals surface area contributed by atoms with Crippen molar-refractivity contribution in [1.29, 1.82) is 0 Å². The van der Waals surface area contributed by atoms with E-state index in [9.17, 15) is 18.0 Å². The summed E-state index contributed by atoms with van der Waals surface area (Å²) in [5.74, 6) is -0.499. The van der Waals surface area contributed by atoms with Crippen molar-refractivity contribution >= 4 is 27.5 Å². The first-order chi connectivity index (χ1) is 22.1. The quantitative estimate of drug-likeness (QED) is 0.159. The van der Waals surface area contributed by atoms with Gasteiger partial charge in [-0.1, -0.05) is 97.8 Å². The van der Waals surface area contributed by atoms with Crippen LogP contribution >= 0.6 is 0 Å². The van der Waals surface area contributed by atoms with E-state index in [4.69, 9.17) is 4.74 Å². The van der Waals surface area contributed by atoms with Gasteiger partial charge < -0.3 is 15.0 Å². The first-order valence-electron chi connectivity index (χ1n) is 15.5. The molecule has 4 aromatic carbocycles. The molecule has 8 nitrogen and oxygen atoms in total. The molecule has 242 valence electrons. The van der Waals surface area contributed by atoms with Crippen molar-refractivity contribution in [3.63, 3.8) is 0 Å². The third-order valence-corrected chi connectivity index (χ3v) is 9.52. The molecule has 9 heteroatoms. The molecule has 1 N–H and O–H groups in total. The summed E-state index contributed by atoms with van der Waals surface area (Å²) in [4.78, 5) is 30.1. The fourth-order valence-electron chi connectivity index (χ4n) is 5.30. The topological polar surface area (TPSA) is 96.0 Å². The predicted molar refractivity (Wildman–Crippen MR) is 182 cm³/mol. The molecule has 0 aliphatic heterocycles. The molecule has 0 aromatic heterocycles. The van der Waals surface area contributed by atoms with E-state index in [0.717, 1.165) is 39.4 Å². The molecule has 0 radical (unpaired) electrons. The molecule has 0 heterocycles. The maximum Gasteiger partial charge on any atom is 0.264 e. The second-order valence-electron chi connectivity index (χ2n) is 11.4. The molecule has 4 rings (SSSR count). The predicted octanol–water partition coefficient (Wildman–Crippen LogP) is 6.06. The number of carbonyl (C=O) groups is 2. The number of nitrogens with one attached hydrogen (secondary N) is 1. The number of rotatable bonds is 15. The fraction of sp³-hybridized carbons (Fsp3) is 0.297. The number of hydrogen-bond donors (Lipinski definition) is 1. The van der Waals surface area contributed by atoms with Gasteiger partial charge in [0.25, 0.3) is 10.0 Å². The molecule has 0 bridgehead atoms. The molecule has 0 fully saturated rings. The summed E-state index contributed by atoms with van der Waals surface area (Å²) in [7, 11) is -2.77. The highest BCUT2D eigenvalue weighted by Crippen LogP contribution is 2.34. The van der Waals surface area contributed by atoms with Gasteiger partial charge in [-0.15, -0.1) is 0 Å². The lowest BCUT2D eigenvalue weighted by Crippen LogP contribution is -2.53. The number of unbranched alkanes of at least 4 members (excludes halogenated alkanes) is 1. The van der Waals surface area contributed by atoms with E-state index >= 15 is 0 Å². The summed E-state index contributed by atoms with van der Waals surface area (Å²) in [6.07, 6.45) is 1.96. The van der Waals surface area contributed by atoms with Crippen molar-refractivity contribution < 1.29 is 22.7 Å². The van der Waals surface area contributed by atoms with Crippen molar-refractivity contribution in [3.8, 4) is 5.75 Å². The molecule has 0 saturated carbocycles. The second-order valence-corrected chi connectivity index (χ2v) is 13.2. The minimum atomic E-state index is -4.23. The van der Waals surface area contributed by atoms with Gasteiger partial charge in [0.15, 0.2) is 0 Å². The lowest BCUT2D eigenvalue weighted by molar-refractivity contribution is -0.140. The van der Waals surface area contributed by atoms with Gasteiger partial charge >= 0.3 is 0 Å². The van der Waals surface area contributed by atoms with Crippen LogP contribution in [-0.2, 0) is 32.6 Å². The summed E-state index contributed by atoms with van der Waals surface area (Å²) >= 11 is 0. The summed E-state index contributed by atoms with van der Waals surface area (Å²) < 4.78 is 35.2. The Hall–Kier alpha value is -4.63. The largest absolute Gasteiger partial charge is 0.495 e. The lowest BCUT2D eigenvalue weighted by atomic mass is 10.0. The number of benzene rings is 4. The molecule has 0 unspecified atom stereocenters. The maximum absolute atomic E-state index is 14.6. The van der Waals surface area contributed by atoms with Gasteiger partial charge in [-0.2, -0.15) is 0 Å². The third-order valence-electron chi connectivity index (χ3n) is 7.75. The first kappa shape index (κ1) is 34.2. The van der Waals surface area contributed by atoms with Crippen LogP contribution < -0.4 is 14.4 Å². The van der Waals surface area contributed by atoms with Crippen LogP contribution in [0.5, 0.6) is 5.75 Å². The Morgan fingerprint density at radius 1 is 0.826 bits per heavy atom. The molecule has 0 aliphatic carbocycles. The van der Waals surface area contributed by atoms with Gasteiger partial charge in [-0.25, -0.2) is 8.42 Å². The first-order valence-corrected chi connectivity index (χ1v) is 17.0. The molecule has 46 heavy (non-hydrogen) atoms. The van der Waals surface area contributed by atoms with Crippen LogP contribution in [0.3, 0.4) is 0 Å². The summed E-state index contributed by atoms with van der Waals surface area (Å²) in [6.45, 7) is 5.90. The van der Waals surface area contributed by atoms with Crippen LogP contribution in [0.15, 0.2) is 108 Å². The van der Waals surface area contributed by atoms with E-state index < -0.39 is 28.5 Å². The van der Waals surface area contributed by atoms with E-state index in [-0.39, 0.29) is 29.5 Å². The van der Waals surface area contributed by atoms with Crippen LogP contribution in [0.1, 0.15) is 42.0 Å². The van der Waals surface area contributed by atoms with Crippen LogP contribution in [0.2, 0.25) is 0 Å². The van der Waals surface area contributed by atoms with Gasteiger partial charge in [-0.3, -0.25) is 13.9 Å². The lowest BCUT2D eigenvalue weighted by Gasteiger charge is -2.34. The van der Waals surface area contributed by atoms with Crippen molar-refractivity contribution in [1.82, 2.24) is 10.2 Å². The monoisotopic (exact) mass is 641 g/mol. The highest BCUT2D eigenvalue weighted by molar-refractivity contribution is 7.92. The number of anilines is 1. The Bertz CT molecular complexity index is 1710. The van der Waals surface area contributed by atoms with E-state index in [1.54, 1.807) is 30.3 Å². The Morgan fingerprint density at radius 2 is 1.48 bits per heavy atom.